The van der Waals surface area contributed by atoms with Gasteiger partial charge in [-0.05, 0) is 43.4 Å². The van der Waals surface area contributed by atoms with E-state index in [-0.39, 0.29) is 39.1 Å². The number of carboxylic acids is 1. The Morgan fingerprint density at radius 1 is 1.17 bits per heavy atom. The molecule has 1 aromatic heterocycles. The maximum atomic E-state index is 15.0. The van der Waals surface area contributed by atoms with E-state index in [4.69, 9.17) is 17.3 Å². The Labute approximate surface area is 173 Å². The van der Waals surface area contributed by atoms with Crippen LogP contribution in [0.1, 0.15) is 41.1 Å². The first-order valence-corrected chi connectivity index (χ1v) is 9.58. The lowest BCUT2D eigenvalue weighted by molar-refractivity contribution is 0.0695. The summed E-state index contributed by atoms with van der Waals surface area (Å²) in [5.74, 6) is -4.45. The van der Waals surface area contributed by atoms with Crippen molar-refractivity contribution in [2.75, 3.05) is 0 Å². The number of aromatic carboxylic acids is 1. The van der Waals surface area contributed by atoms with Crippen LogP contribution in [-0.2, 0) is 0 Å². The highest BCUT2D eigenvalue weighted by atomic mass is 35.5. The lowest BCUT2D eigenvalue weighted by Crippen LogP contribution is -2.20. The molecule has 1 fully saturated rings. The van der Waals surface area contributed by atoms with Gasteiger partial charge in [0.1, 0.15) is 23.0 Å². The van der Waals surface area contributed by atoms with Crippen LogP contribution in [0.2, 0.25) is 5.02 Å². The number of fused-ring (bicyclic) bond motifs is 1. The molecule has 2 unspecified atom stereocenters. The molecule has 0 radical (unpaired) electrons. The fourth-order valence-electron chi connectivity index (χ4n) is 4.10. The normalized spacial score (nSPS) is 18.8. The number of carbonyl (C=O) groups is 1. The molecule has 1 heterocycles. The SMILES string of the molecule is NC1CCC(c2c(F)cc3c(=O)c(C(=O)O)cn(-c4ccc(F)cc4F)c3c2Cl)C1. The summed E-state index contributed by atoms with van der Waals surface area (Å²) in [5, 5.41) is 8.96. The summed E-state index contributed by atoms with van der Waals surface area (Å²) in [5.41, 5.74) is 4.16. The Balaban J connectivity index is 2.12. The van der Waals surface area contributed by atoms with Gasteiger partial charge in [0.15, 0.2) is 0 Å². The van der Waals surface area contributed by atoms with Gasteiger partial charge in [-0.2, -0.15) is 0 Å². The number of halogens is 4. The maximum absolute atomic E-state index is 15.0. The van der Waals surface area contributed by atoms with Crippen LogP contribution < -0.4 is 11.2 Å². The van der Waals surface area contributed by atoms with Gasteiger partial charge >= 0.3 is 5.97 Å². The van der Waals surface area contributed by atoms with Crippen LogP contribution >= 0.6 is 11.6 Å². The molecule has 1 aliphatic rings. The van der Waals surface area contributed by atoms with Gasteiger partial charge in [0.2, 0.25) is 5.43 Å². The second kappa shape index (κ2) is 7.45. The van der Waals surface area contributed by atoms with E-state index < -0.39 is 34.4 Å². The lowest BCUT2D eigenvalue weighted by atomic mass is 9.94. The summed E-state index contributed by atoms with van der Waals surface area (Å²) in [4.78, 5) is 24.3. The molecule has 2 atom stereocenters. The summed E-state index contributed by atoms with van der Waals surface area (Å²) in [6, 6.07) is 3.50. The molecular formula is C21H16ClF3N2O3. The minimum absolute atomic E-state index is 0.0472. The molecule has 0 saturated heterocycles. The molecule has 5 nitrogen and oxygen atoms in total. The highest BCUT2D eigenvalue weighted by molar-refractivity contribution is 6.36. The van der Waals surface area contributed by atoms with Crippen LogP contribution in [0.3, 0.4) is 0 Å². The van der Waals surface area contributed by atoms with E-state index in [1.165, 1.54) is 0 Å². The number of rotatable bonds is 3. The van der Waals surface area contributed by atoms with E-state index in [2.05, 4.69) is 0 Å². The van der Waals surface area contributed by atoms with Crippen LogP contribution in [0.4, 0.5) is 13.2 Å². The molecule has 9 heteroatoms. The van der Waals surface area contributed by atoms with E-state index in [0.717, 1.165) is 29.0 Å². The van der Waals surface area contributed by atoms with E-state index in [1.54, 1.807) is 0 Å². The van der Waals surface area contributed by atoms with Crippen molar-refractivity contribution >= 4 is 28.5 Å². The molecule has 4 rings (SSSR count). The maximum Gasteiger partial charge on any atom is 0.341 e. The van der Waals surface area contributed by atoms with Gasteiger partial charge in [0.05, 0.1) is 21.6 Å². The molecule has 0 aliphatic heterocycles. The zero-order chi connectivity index (χ0) is 21.7. The third-order valence-electron chi connectivity index (χ3n) is 5.50. The molecular weight excluding hydrogens is 421 g/mol. The molecule has 0 spiro atoms. The first-order chi connectivity index (χ1) is 14.2. The highest BCUT2D eigenvalue weighted by Gasteiger charge is 2.30. The summed E-state index contributed by atoms with van der Waals surface area (Å²) in [7, 11) is 0. The fourth-order valence-corrected chi connectivity index (χ4v) is 4.54. The van der Waals surface area contributed by atoms with Crippen LogP contribution in [-0.4, -0.2) is 21.7 Å². The summed E-state index contributed by atoms with van der Waals surface area (Å²) in [6.07, 6.45) is 2.67. The largest absolute Gasteiger partial charge is 0.477 e. The van der Waals surface area contributed by atoms with Gasteiger partial charge in [0, 0.05) is 23.9 Å². The van der Waals surface area contributed by atoms with Crippen molar-refractivity contribution in [1.82, 2.24) is 4.57 Å². The molecule has 1 saturated carbocycles. The van der Waals surface area contributed by atoms with Crippen LogP contribution in [0, 0.1) is 17.5 Å². The second-order valence-corrected chi connectivity index (χ2v) is 7.77. The molecule has 0 amide bonds. The van der Waals surface area contributed by atoms with Gasteiger partial charge in [-0.15, -0.1) is 0 Å². The summed E-state index contributed by atoms with van der Waals surface area (Å²) in [6.45, 7) is 0. The van der Waals surface area contributed by atoms with Crippen LogP contribution in [0.15, 0.2) is 35.3 Å². The molecule has 1 aliphatic carbocycles. The standard InChI is InChI=1S/C21H16ClF3N2O3/c22-18-17(9-1-3-11(26)5-9)15(25)7-12-19(18)27(8-13(20(12)28)21(29)30)16-4-2-10(23)6-14(16)24/h2,4,6-9,11H,1,3,5,26H2,(H,29,30). The quantitative estimate of drug-likeness (QED) is 0.639. The predicted molar refractivity (Wildman–Crippen MR) is 106 cm³/mol. The zero-order valence-corrected chi connectivity index (χ0v) is 16.2. The minimum Gasteiger partial charge on any atom is -0.477 e. The number of pyridine rings is 1. The molecule has 30 heavy (non-hydrogen) atoms. The van der Waals surface area contributed by atoms with Crippen molar-refractivity contribution in [1.29, 1.82) is 0 Å². The molecule has 0 bridgehead atoms. The third-order valence-corrected chi connectivity index (χ3v) is 5.88. The minimum atomic E-state index is -1.57. The lowest BCUT2D eigenvalue weighted by Gasteiger charge is -2.19. The van der Waals surface area contributed by atoms with E-state index in [0.29, 0.717) is 25.3 Å². The Bertz CT molecular complexity index is 1260. The molecule has 2 aromatic carbocycles. The fraction of sp³-hybridized carbons (Fsp3) is 0.238. The van der Waals surface area contributed by atoms with Crippen LogP contribution in [0.5, 0.6) is 0 Å². The summed E-state index contributed by atoms with van der Waals surface area (Å²) < 4.78 is 44.0. The first-order valence-electron chi connectivity index (χ1n) is 9.20. The monoisotopic (exact) mass is 436 g/mol. The number of hydrogen-bond donors (Lipinski definition) is 2. The van der Waals surface area contributed by atoms with Crippen molar-refractivity contribution in [3.8, 4) is 5.69 Å². The number of nitrogens with two attached hydrogens (primary N) is 1. The first kappa shape index (κ1) is 20.4. The van der Waals surface area contributed by atoms with Crippen molar-refractivity contribution in [3.63, 3.8) is 0 Å². The average Bonchev–Trinajstić information content (AvgIpc) is 3.08. The predicted octanol–water partition coefficient (Wildman–Crippen LogP) is 4.35. The number of benzene rings is 2. The van der Waals surface area contributed by atoms with Crippen LogP contribution in [0.25, 0.3) is 16.6 Å². The third kappa shape index (κ3) is 3.26. The zero-order valence-electron chi connectivity index (χ0n) is 15.5. The van der Waals surface area contributed by atoms with Gasteiger partial charge in [-0.1, -0.05) is 11.6 Å². The molecule has 3 N–H and O–H groups in total. The van der Waals surface area contributed by atoms with E-state index >= 15 is 0 Å². The Morgan fingerprint density at radius 3 is 2.50 bits per heavy atom. The smallest absolute Gasteiger partial charge is 0.341 e. The second-order valence-electron chi connectivity index (χ2n) is 7.40. The van der Waals surface area contributed by atoms with E-state index in [9.17, 15) is 27.9 Å². The topological polar surface area (TPSA) is 85.3 Å². The Morgan fingerprint density at radius 2 is 1.90 bits per heavy atom. The number of nitrogens with zero attached hydrogens (tertiary/aromatic N) is 1. The Kier molecular flexibility index (Phi) is 5.07. The van der Waals surface area contributed by atoms with Gasteiger partial charge in [0.25, 0.3) is 0 Å². The van der Waals surface area contributed by atoms with Crippen molar-refractivity contribution in [2.24, 2.45) is 5.73 Å². The van der Waals surface area contributed by atoms with Gasteiger partial charge in [-0.3, -0.25) is 4.79 Å². The molecule has 3 aromatic rings. The van der Waals surface area contributed by atoms with Crippen molar-refractivity contribution in [3.05, 3.63) is 74.3 Å². The number of hydrogen-bond acceptors (Lipinski definition) is 3. The summed E-state index contributed by atoms with van der Waals surface area (Å²) >= 11 is 6.53. The highest BCUT2D eigenvalue weighted by Crippen LogP contribution is 2.42. The Hall–Kier alpha value is -2.84. The molecule has 156 valence electrons. The number of carboxylic acid groups (broad SMARTS) is 1. The van der Waals surface area contributed by atoms with Gasteiger partial charge in [-0.25, -0.2) is 18.0 Å². The van der Waals surface area contributed by atoms with Gasteiger partial charge < -0.3 is 15.4 Å². The van der Waals surface area contributed by atoms with Crippen molar-refractivity contribution in [2.45, 2.75) is 31.2 Å². The van der Waals surface area contributed by atoms with E-state index in [1.807, 2.05) is 0 Å². The van der Waals surface area contributed by atoms with Crippen molar-refractivity contribution < 1.29 is 23.1 Å². The number of aromatic nitrogens is 1. The average molecular weight is 437 g/mol.